The number of rotatable bonds is 5. The second-order valence-electron chi connectivity index (χ2n) is 7.27. The van der Waals surface area contributed by atoms with Gasteiger partial charge in [-0.1, -0.05) is 24.3 Å². The first-order valence-corrected chi connectivity index (χ1v) is 9.95. The van der Waals surface area contributed by atoms with Gasteiger partial charge in [0.2, 0.25) is 11.2 Å². The average molecular weight is 470 g/mol. The van der Waals surface area contributed by atoms with Gasteiger partial charge in [0, 0.05) is 11.8 Å². The van der Waals surface area contributed by atoms with Crippen LogP contribution in [0.1, 0.15) is 21.7 Å². The smallest absolute Gasteiger partial charge is 0.416 e. The molecule has 2 aromatic heterocycles. The summed E-state index contributed by atoms with van der Waals surface area (Å²) in [6.07, 6.45) is -3.51. The highest BCUT2D eigenvalue weighted by molar-refractivity contribution is 5.97. The van der Waals surface area contributed by atoms with Crippen LogP contribution in [0, 0.1) is 0 Å². The zero-order valence-corrected chi connectivity index (χ0v) is 17.7. The predicted molar refractivity (Wildman–Crippen MR) is 117 cm³/mol. The van der Waals surface area contributed by atoms with E-state index in [-0.39, 0.29) is 29.3 Å². The Morgan fingerprint density at radius 1 is 1.06 bits per heavy atom. The van der Waals surface area contributed by atoms with Crippen LogP contribution in [0.2, 0.25) is 0 Å². The van der Waals surface area contributed by atoms with Crippen LogP contribution in [0.15, 0.2) is 80.9 Å². The average Bonchev–Trinajstić information content (AvgIpc) is 2.81. The summed E-state index contributed by atoms with van der Waals surface area (Å²) in [4.78, 5) is 38.0. The monoisotopic (exact) mass is 470 g/mol. The maximum absolute atomic E-state index is 13.3. The summed E-state index contributed by atoms with van der Waals surface area (Å²) in [6.45, 7) is -0.201. The van der Waals surface area contributed by atoms with Gasteiger partial charge >= 0.3 is 6.18 Å². The van der Waals surface area contributed by atoms with Crippen molar-refractivity contribution < 1.29 is 27.1 Å². The quantitative estimate of drug-likeness (QED) is 0.478. The molecule has 0 bridgehead atoms. The third-order valence-electron chi connectivity index (χ3n) is 5.08. The Morgan fingerprint density at radius 3 is 2.53 bits per heavy atom. The van der Waals surface area contributed by atoms with Gasteiger partial charge in [-0.25, -0.2) is 0 Å². The van der Waals surface area contributed by atoms with Crippen molar-refractivity contribution in [3.8, 4) is 11.4 Å². The number of ether oxygens (including phenoxy) is 1. The molecule has 0 aliphatic rings. The molecule has 0 radical (unpaired) electrons. The molecule has 0 atom stereocenters. The molecular formula is C24H17F3N2O5. The standard InChI is InChI=1S/C24H17F3N2O5/c1-33-21-13-34-17(11-20(21)30)12-28-22(31)18-9-14-5-2-3-8-19(14)29(23(18)32)16-7-4-6-15(10-16)24(25,26)27/h2-11,13H,12H2,1H3,(H,28,31). The van der Waals surface area contributed by atoms with Crippen LogP contribution < -0.4 is 21.0 Å². The van der Waals surface area contributed by atoms with Crippen molar-refractivity contribution in [2.24, 2.45) is 0 Å². The Hall–Kier alpha value is -4.34. The van der Waals surface area contributed by atoms with Crippen LogP contribution in [0.25, 0.3) is 16.6 Å². The summed E-state index contributed by atoms with van der Waals surface area (Å²) < 4.78 is 50.9. The van der Waals surface area contributed by atoms with Crippen molar-refractivity contribution in [3.63, 3.8) is 0 Å². The molecule has 0 fully saturated rings. The molecule has 1 amide bonds. The number of nitrogens with zero attached hydrogens (tertiary/aromatic N) is 1. The first-order chi connectivity index (χ1) is 16.2. The first kappa shape index (κ1) is 22.8. The Bertz CT molecular complexity index is 1510. The number of aromatic nitrogens is 1. The largest absolute Gasteiger partial charge is 0.490 e. The van der Waals surface area contributed by atoms with E-state index in [4.69, 9.17) is 9.15 Å². The molecule has 10 heteroatoms. The van der Waals surface area contributed by atoms with Crippen molar-refractivity contribution in [2.45, 2.75) is 12.7 Å². The summed E-state index contributed by atoms with van der Waals surface area (Å²) in [5.41, 5.74) is -2.16. The topological polar surface area (TPSA) is 90.5 Å². The zero-order valence-electron chi connectivity index (χ0n) is 17.7. The Morgan fingerprint density at radius 2 is 1.82 bits per heavy atom. The second kappa shape index (κ2) is 8.89. The Balaban J connectivity index is 1.76. The van der Waals surface area contributed by atoms with Crippen molar-refractivity contribution in [3.05, 3.63) is 104 Å². The highest BCUT2D eigenvalue weighted by Crippen LogP contribution is 2.30. The highest BCUT2D eigenvalue weighted by atomic mass is 19.4. The lowest BCUT2D eigenvalue weighted by Gasteiger charge is -2.15. The number of pyridine rings is 1. The maximum atomic E-state index is 13.3. The normalized spacial score (nSPS) is 11.4. The number of alkyl halides is 3. The molecule has 0 spiro atoms. The van der Waals surface area contributed by atoms with E-state index in [2.05, 4.69) is 5.32 Å². The molecule has 0 saturated heterocycles. The summed E-state index contributed by atoms with van der Waals surface area (Å²) >= 11 is 0. The molecule has 0 aliphatic carbocycles. The molecule has 0 saturated carbocycles. The summed E-state index contributed by atoms with van der Waals surface area (Å²) in [7, 11) is 1.31. The summed E-state index contributed by atoms with van der Waals surface area (Å²) in [5, 5.41) is 2.97. The van der Waals surface area contributed by atoms with Gasteiger partial charge in [0.1, 0.15) is 17.6 Å². The minimum Gasteiger partial charge on any atom is -0.490 e. The SMILES string of the molecule is COc1coc(CNC(=O)c2cc3ccccc3n(-c3cccc(C(F)(F)F)c3)c2=O)cc1=O. The van der Waals surface area contributed by atoms with Gasteiger partial charge in [-0.2, -0.15) is 13.2 Å². The molecule has 7 nitrogen and oxygen atoms in total. The van der Waals surface area contributed by atoms with Gasteiger partial charge in [0.15, 0.2) is 0 Å². The third-order valence-corrected chi connectivity index (χ3v) is 5.08. The fourth-order valence-electron chi connectivity index (χ4n) is 3.44. The fourth-order valence-corrected chi connectivity index (χ4v) is 3.44. The van der Waals surface area contributed by atoms with E-state index < -0.39 is 28.6 Å². The van der Waals surface area contributed by atoms with Gasteiger partial charge in [-0.15, -0.1) is 0 Å². The molecule has 2 heterocycles. The van der Waals surface area contributed by atoms with E-state index in [1.165, 1.54) is 25.3 Å². The number of carbonyl (C=O) groups is 1. The molecule has 2 aromatic carbocycles. The molecule has 174 valence electrons. The minimum atomic E-state index is -4.60. The summed E-state index contributed by atoms with van der Waals surface area (Å²) in [5.74, 6) is -0.665. The summed E-state index contributed by atoms with van der Waals surface area (Å²) in [6, 6.07) is 13.3. The van der Waals surface area contributed by atoms with E-state index in [1.807, 2.05) is 0 Å². The van der Waals surface area contributed by atoms with Crippen LogP contribution >= 0.6 is 0 Å². The lowest BCUT2D eigenvalue weighted by molar-refractivity contribution is -0.137. The fraction of sp³-hybridized carbons (Fsp3) is 0.125. The molecular weight excluding hydrogens is 453 g/mol. The Kier molecular flexibility index (Phi) is 5.97. The maximum Gasteiger partial charge on any atom is 0.416 e. The van der Waals surface area contributed by atoms with Crippen LogP contribution in [-0.2, 0) is 12.7 Å². The van der Waals surface area contributed by atoms with E-state index in [0.717, 1.165) is 29.0 Å². The van der Waals surface area contributed by atoms with E-state index >= 15 is 0 Å². The number of nitrogens with one attached hydrogen (secondary N) is 1. The number of halogens is 3. The van der Waals surface area contributed by atoms with Crippen molar-refractivity contribution in [2.75, 3.05) is 7.11 Å². The van der Waals surface area contributed by atoms with Crippen molar-refractivity contribution in [1.29, 1.82) is 0 Å². The van der Waals surface area contributed by atoms with Crippen LogP contribution in [-0.4, -0.2) is 17.6 Å². The second-order valence-corrected chi connectivity index (χ2v) is 7.27. The molecule has 34 heavy (non-hydrogen) atoms. The van der Waals surface area contributed by atoms with Crippen LogP contribution in [0.5, 0.6) is 5.75 Å². The van der Waals surface area contributed by atoms with Crippen LogP contribution in [0.3, 0.4) is 0 Å². The first-order valence-electron chi connectivity index (χ1n) is 9.95. The molecule has 0 aliphatic heterocycles. The number of para-hydroxylation sites is 1. The number of benzene rings is 2. The van der Waals surface area contributed by atoms with Gasteiger partial charge < -0.3 is 14.5 Å². The predicted octanol–water partition coefficient (Wildman–Crippen LogP) is 3.90. The number of amides is 1. The Labute approximate surface area is 190 Å². The van der Waals surface area contributed by atoms with Crippen LogP contribution in [0.4, 0.5) is 13.2 Å². The number of fused-ring (bicyclic) bond motifs is 1. The lowest BCUT2D eigenvalue weighted by Crippen LogP contribution is -2.32. The van der Waals surface area contributed by atoms with E-state index in [1.54, 1.807) is 24.3 Å². The molecule has 4 aromatic rings. The number of hydrogen-bond acceptors (Lipinski definition) is 5. The van der Waals surface area contributed by atoms with Crippen molar-refractivity contribution in [1.82, 2.24) is 9.88 Å². The minimum absolute atomic E-state index is 0.00595. The van der Waals surface area contributed by atoms with Gasteiger partial charge in [0.25, 0.3) is 11.5 Å². The number of methoxy groups -OCH3 is 1. The van der Waals surface area contributed by atoms with E-state index in [0.29, 0.717) is 10.9 Å². The molecule has 4 rings (SSSR count). The van der Waals surface area contributed by atoms with Gasteiger partial charge in [0.05, 0.1) is 24.7 Å². The van der Waals surface area contributed by atoms with Crippen molar-refractivity contribution >= 4 is 16.8 Å². The van der Waals surface area contributed by atoms with Gasteiger partial charge in [-0.3, -0.25) is 19.0 Å². The third kappa shape index (κ3) is 4.42. The lowest BCUT2D eigenvalue weighted by atomic mass is 10.1. The van der Waals surface area contributed by atoms with Gasteiger partial charge in [-0.05, 0) is 35.7 Å². The number of hydrogen-bond donors (Lipinski definition) is 1. The highest BCUT2D eigenvalue weighted by Gasteiger charge is 2.31. The molecule has 1 N–H and O–H groups in total. The zero-order chi connectivity index (χ0) is 24.5. The number of carbonyl (C=O) groups excluding carboxylic acids is 1. The van der Waals surface area contributed by atoms with E-state index in [9.17, 15) is 27.6 Å². The molecule has 0 unspecified atom stereocenters.